The maximum absolute atomic E-state index is 13.3. The zero-order valence-corrected chi connectivity index (χ0v) is 15.7. The summed E-state index contributed by atoms with van der Waals surface area (Å²) < 4.78 is 24.3. The summed E-state index contributed by atoms with van der Waals surface area (Å²) in [7, 11) is 0. The summed E-state index contributed by atoms with van der Waals surface area (Å²) in [6, 6.07) is 9.25. The SMILES string of the molecule is O=C1C[C@H](O)C[C@@H](/C=C/c2c(Cl)cc(Cl)cc2OCc2cccc(F)c2)O1. The first-order valence-electron chi connectivity index (χ1n) is 8.33. The summed E-state index contributed by atoms with van der Waals surface area (Å²) in [6.07, 6.45) is 2.33. The molecule has 3 rings (SSSR count). The molecule has 1 N–H and O–H groups in total. The fourth-order valence-electron chi connectivity index (χ4n) is 2.76. The lowest BCUT2D eigenvalue weighted by atomic mass is 10.0. The molecule has 0 saturated carbocycles. The van der Waals surface area contributed by atoms with Crippen molar-refractivity contribution in [3.63, 3.8) is 0 Å². The van der Waals surface area contributed by atoms with Gasteiger partial charge >= 0.3 is 5.97 Å². The van der Waals surface area contributed by atoms with Crippen LogP contribution in [-0.4, -0.2) is 23.3 Å². The predicted molar refractivity (Wildman–Crippen MR) is 101 cm³/mol. The largest absolute Gasteiger partial charge is 0.488 e. The third kappa shape index (κ3) is 5.45. The average molecular weight is 411 g/mol. The minimum atomic E-state index is -0.731. The van der Waals surface area contributed by atoms with Gasteiger partial charge in [0.05, 0.1) is 17.5 Å². The number of halogens is 3. The number of carbonyl (C=O) groups is 1. The Bertz CT molecular complexity index is 869. The molecule has 0 spiro atoms. The van der Waals surface area contributed by atoms with E-state index in [9.17, 15) is 14.3 Å². The molecule has 0 aromatic heterocycles. The fourth-order valence-corrected chi connectivity index (χ4v) is 3.30. The highest BCUT2D eigenvalue weighted by molar-refractivity contribution is 6.35. The first-order valence-corrected chi connectivity index (χ1v) is 9.08. The molecule has 2 aromatic rings. The van der Waals surface area contributed by atoms with E-state index in [-0.39, 0.29) is 18.8 Å². The number of hydrogen-bond acceptors (Lipinski definition) is 4. The lowest BCUT2D eigenvalue weighted by Crippen LogP contribution is -2.31. The van der Waals surface area contributed by atoms with Crippen LogP contribution in [0.4, 0.5) is 4.39 Å². The Morgan fingerprint density at radius 1 is 1.30 bits per heavy atom. The van der Waals surface area contributed by atoms with Gasteiger partial charge in [-0.3, -0.25) is 4.79 Å². The predicted octanol–water partition coefficient (Wildman–Crippen LogP) is 4.79. The van der Waals surface area contributed by atoms with E-state index >= 15 is 0 Å². The summed E-state index contributed by atoms with van der Waals surface area (Å²) in [5, 5.41) is 10.4. The number of benzene rings is 2. The molecule has 2 aromatic carbocycles. The van der Waals surface area contributed by atoms with Crippen molar-refractivity contribution >= 4 is 35.2 Å². The minimum absolute atomic E-state index is 0.00592. The van der Waals surface area contributed by atoms with Crippen molar-refractivity contribution in [2.24, 2.45) is 0 Å². The number of hydrogen-bond donors (Lipinski definition) is 1. The van der Waals surface area contributed by atoms with Crippen LogP contribution < -0.4 is 4.74 Å². The van der Waals surface area contributed by atoms with Gasteiger partial charge < -0.3 is 14.6 Å². The fraction of sp³-hybridized carbons (Fsp3) is 0.250. The van der Waals surface area contributed by atoms with E-state index in [0.29, 0.717) is 33.3 Å². The molecule has 1 saturated heterocycles. The number of aliphatic hydroxyl groups is 1. The number of esters is 1. The van der Waals surface area contributed by atoms with Crippen LogP contribution in [0.2, 0.25) is 10.0 Å². The van der Waals surface area contributed by atoms with E-state index in [1.807, 2.05) is 0 Å². The van der Waals surface area contributed by atoms with Crippen LogP contribution >= 0.6 is 23.2 Å². The summed E-state index contributed by atoms with van der Waals surface area (Å²) in [5.41, 5.74) is 1.21. The van der Waals surface area contributed by atoms with E-state index in [1.54, 1.807) is 36.4 Å². The van der Waals surface area contributed by atoms with Gasteiger partial charge in [-0.15, -0.1) is 0 Å². The van der Waals surface area contributed by atoms with Gasteiger partial charge in [-0.2, -0.15) is 0 Å². The topological polar surface area (TPSA) is 55.8 Å². The van der Waals surface area contributed by atoms with Crippen LogP contribution in [-0.2, 0) is 16.1 Å². The van der Waals surface area contributed by atoms with Gasteiger partial charge in [0.2, 0.25) is 0 Å². The number of aliphatic hydroxyl groups excluding tert-OH is 1. The Morgan fingerprint density at radius 2 is 2.11 bits per heavy atom. The van der Waals surface area contributed by atoms with E-state index in [4.69, 9.17) is 32.7 Å². The van der Waals surface area contributed by atoms with Crippen molar-refractivity contribution in [1.29, 1.82) is 0 Å². The third-order valence-corrected chi connectivity index (χ3v) is 4.54. The summed E-state index contributed by atoms with van der Waals surface area (Å²) in [4.78, 5) is 11.4. The van der Waals surface area contributed by atoms with E-state index in [0.717, 1.165) is 0 Å². The summed E-state index contributed by atoms with van der Waals surface area (Å²) in [5.74, 6) is -0.387. The Morgan fingerprint density at radius 3 is 2.85 bits per heavy atom. The number of ether oxygens (including phenoxy) is 2. The van der Waals surface area contributed by atoms with Gasteiger partial charge in [-0.05, 0) is 35.9 Å². The lowest BCUT2D eigenvalue weighted by molar-refractivity contribution is -0.156. The van der Waals surface area contributed by atoms with Crippen molar-refractivity contribution in [2.75, 3.05) is 0 Å². The van der Waals surface area contributed by atoms with Crippen LogP contribution in [0, 0.1) is 5.82 Å². The Balaban J connectivity index is 1.79. The van der Waals surface area contributed by atoms with Crippen molar-refractivity contribution in [1.82, 2.24) is 0 Å². The smallest absolute Gasteiger partial charge is 0.309 e. The molecule has 1 fully saturated rings. The molecule has 0 amide bonds. The van der Waals surface area contributed by atoms with Gasteiger partial charge in [0.25, 0.3) is 0 Å². The molecule has 2 atom stereocenters. The van der Waals surface area contributed by atoms with Gasteiger partial charge in [-0.1, -0.05) is 41.4 Å². The molecule has 142 valence electrons. The molecule has 1 aliphatic heterocycles. The van der Waals surface area contributed by atoms with Gasteiger partial charge in [0.1, 0.15) is 24.3 Å². The van der Waals surface area contributed by atoms with Crippen molar-refractivity contribution in [3.8, 4) is 5.75 Å². The zero-order valence-electron chi connectivity index (χ0n) is 14.2. The number of carbonyl (C=O) groups excluding carboxylic acids is 1. The van der Waals surface area contributed by atoms with Crippen molar-refractivity contribution in [2.45, 2.75) is 31.7 Å². The molecule has 7 heteroatoms. The standard InChI is InChI=1S/C20H17Cl2FO4/c21-13-7-18(22)17(5-4-16-9-15(24)10-20(25)27-16)19(8-13)26-11-12-2-1-3-14(23)6-12/h1-8,15-16,24H,9-11H2/b5-4+/t15-,16-/m1/s1. The van der Waals surface area contributed by atoms with Crippen molar-refractivity contribution in [3.05, 3.63) is 69.5 Å². The molecule has 0 radical (unpaired) electrons. The maximum Gasteiger partial charge on any atom is 0.309 e. The Hall–Kier alpha value is -2.08. The first-order chi connectivity index (χ1) is 12.9. The van der Waals surface area contributed by atoms with Gasteiger partial charge in [-0.25, -0.2) is 4.39 Å². The van der Waals surface area contributed by atoms with E-state index < -0.39 is 18.2 Å². The molecule has 4 nitrogen and oxygen atoms in total. The van der Waals surface area contributed by atoms with Crippen LogP contribution in [0.5, 0.6) is 5.75 Å². The van der Waals surface area contributed by atoms with Crippen molar-refractivity contribution < 1.29 is 23.8 Å². The summed E-state index contributed by atoms with van der Waals surface area (Å²) in [6.45, 7) is 0.131. The van der Waals surface area contributed by atoms with Gasteiger partial charge in [0, 0.05) is 17.0 Å². The minimum Gasteiger partial charge on any atom is -0.488 e. The quantitative estimate of drug-likeness (QED) is 0.719. The monoisotopic (exact) mass is 410 g/mol. The molecule has 0 aliphatic carbocycles. The maximum atomic E-state index is 13.3. The first kappa shape index (κ1) is 19.7. The Labute approximate surface area is 166 Å². The number of cyclic esters (lactones) is 1. The molecule has 0 bridgehead atoms. The van der Waals surface area contributed by atoms with Crippen LogP contribution in [0.1, 0.15) is 24.0 Å². The molecule has 27 heavy (non-hydrogen) atoms. The normalized spacial score (nSPS) is 19.9. The Kier molecular flexibility index (Phi) is 6.37. The van der Waals surface area contributed by atoms with Gasteiger partial charge in [0.15, 0.2) is 0 Å². The third-order valence-electron chi connectivity index (χ3n) is 4.01. The molecule has 1 heterocycles. The number of rotatable bonds is 5. The highest BCUT2D eigenvalue weighted by atomic mass is 35.5. The second-order valence-electron chi connectivity index (χ2n) is 6.20. The molecule has 1 aliphatic rings. The summed E-state index contributed by atoms with van der Waals surface area (Å²) >= 11 is 12.3. The average Bonchev–Trinajstić information content (AvgIpc) is 2.58. The second kappa shape index (κ2) is 8.74. The van der Waals surface area contributed by atoms with Crippen LogP contribution in [0.15, 0.2) is 42.5 Å². The molecular formula is C20H17Cl2FO4. The molecule has 0 unspecified atom stereocenters. The lowest BCUT2D eigenvalue weighted by Gasteiger charge is -2.23. The zero-order chi connectivity index (χ0) is 19.4. The highest BCUT2D eigenvalue weighted by Crippen LogP contribution is 2.33. The highest BCUT2D eigenvalue weighted by Gasteiger charge is 2.25. The van der Waals surface area contributed by atoms with Crippen LogP contribution in [0.3, 0.4) is 0 Å². The van der Waals surface area contributed by atoms with E-state index in [1.165, 1.54) is 12.1 Å². The second-order valence-corrected chi connectivity index (χ2v) is 7.04. The molecular weight excluding hydrogens is 394 g/mol. The van der Waals surface area contributed by atoms with E-state index in [2.05, 4.69) is 0 Å². The van der Waals surface area contributed by atoms with Crippen LogP contribution in [0.25, 0.3) is 6.08 Å².